The van der Waals surface area contributed by atoms with Crippen molar-refractivity contribution in [3.05, 3.63) is 23.3 Å². The Kier molecular flexibility index (Phi) is 3.32. The van der Waals surface area contributed by atoms with Crippen molar-refractivity contribution in [1.82, 2.24) is 5.32 Å². The predicted molar refractivity (Wildman–Crippen MR) is 76.4 cm³/mol. The number of nitrogens with one attached hydrogen (secondary N) is 1. The van der Waals surface area contributed by atoms with Crippen LogP contribution in [-0.2, 0) is 11.2 Å². The van der Waals surface area contributed by atoms with E-state index in [1.165, 1.54) is 5.56 Å². The van der Waals surface area contributed by atoms with Gasteiger partial charge >= 0.3 is 0 Å². The number of benzene rings is 1. The molecule has 3 rings (SSSR count). The highest BCUT2D eigenvalue weighted by Gasteiger charge is 2.35. The van der Waals surface area contributed by atoms with Gasteiger partial charge in [-0.1, -0.05) is 6.92 Å². The molecule has 108 valence electrons. The Bertz CT molecular complexity index is 541. The fourth-order valence-corrected chi connectivity index (χ4v) is 3.34. The first kappa shape index (κ1) is 13.3. The molecule has 0 saturated carbocycles. The molecule has 0 aromatic heterocycles. The number of carbonyl (C=O) groups is 1. The molecule has 0 radical (unpaired) electrons. The molecular formula is C16H21NO3. The van der Waals surface area contributed by atoms with Crippen LogP contribution in [0.4, 0.5) is 0 Å². The first-order valence-corrected chi connectivity index (χ1v) is 7.29. The molecule has 0 aliphatic carbocycles. The molecule has 1 amide bonds. The Balaban J connectivity index is 2.00. The van der Waals surface area contributed by atoms with E-state index >= 15 is 0 Å². The Morgan fingerprint density at radius 1 is 1.40 bits per heavy atom. The Hall–Kier alpha value is -1.71. The monoisotopic (exact) mass is 275 g/mol. The molecule has 2 aliphatic heterocycles. The van der Waals surface area contributed by atoms with Crippen molar-refractivity contribution in [3.8, 4) is 11.5 Å². The molecule has 2 heterocycles. The van der Waals surface area contributed by atoms with Gasteiger partial charge in [0.05, 0.1) is 7.11 Å². The zero-order valence-electron chi connectivity index (χ0n) is 12.2. The smallest absolute Gasteiger partial charge is 0.220 e. The first-order valence-electron chi connectivity index (χ1n) is 7.29. The Morgan fingerprint density at radius 2 is 2.20 bits per heavy atom. The molecule has 0 bridgehead atoms. The zero-order chi connectivity index (χ0) is 14.3. The lowest BCUT2D eigenvalue weighted by Crippen LogP contribution is -2.27. The summed E-state index contributed by atoms with van der Waals surface area (Å²) in [5.41, 5.74) is 2.29. The van der Waals surface area contributed by atoms with E-state index in [0.29, 0.717) is 6.42 Å². The van der Waals surface area contributed by atoms with Crippen LogP contribution in [0.1, 0.15) is 43.7 Å². The van der Waals surface area contributed by atoms with Crippen LogP contribution in [0.5, 0.6) is 11.5 Å². The summed E-state index contributed by atoms with van der Waals surface area (Å²) >= 11 is 0. The van der Waals surface area contributed by atoms with Crippen LogP contribution in [0, 0.1) is 0 Å². The summed E-state index contributed by atoms with van der Waals surface area (Å²) < 4.78 is 11.4. The van der Waals surface area contributed by atoms with E-state index in [4.69, 9.17) is 9.47 Å². The normalized spacial score (nSPS) is 27.9. The predicted octanol–water partition coefficient (Wildman–Crippen LogP) is 2.40. The van der Waals surface area contributed by atoms with Crippen LogP contribution in [0.25, 0.3) is 0 Å². The molecule has 1 aromatic carbocycles. The van der Waals surface area contributed by atoms with Crippen LogP contribution >= 0.6 is 0 Å². The van der Waals surface area contributed by atoms with Gasteiger partial charge in [0.15, 0.2) is 0 Å². The second-order valence-electron chi connectivity index (χ2n) is 5.73. The van der Waals surface area contributed by atoms with Gasteiger partial charge in [0.25, 0.3) is 0 Å². The van der Waals surface area contributed by atoms with E-state index in [0.717, 1.165) is 29.9 Å². The Labute approximate surface area is 119 Å². The number of fused-ring (bicyclic) bond motifs is 1. The summed E-state index contributed by atoms with van der Waals surface area (Å²) in [7, 11) is 1.69. The molecule has 1 aromatic rings. The van der Waals surface area contributed by atoms with Gasteiger partial charge in [-0.15, -0.1) is 0 Å². The SMILES string of the molecule is CCC1NC(=O)CC1c1cc2c(cc1OC)CC(C)O2. The lowest BCUT2D eigenvalue weighted by atomic mass is 9.88. The van der Waals surface area contributed by atoms with Crippen molar-refractivity contribution in [1.29, 1.82) is 0 Å². The first-order chi connectivity index (χ1) is 9.62. The second-order valence-corrected chi connectivity index (χ2v) is 5.73. The average molecular weight is 275 g/mol. The zero-order valence-corrected chi connectivity index (χ0v) is 12.2. The average Bonchev–Trinajstić information content (AvgIpc) is 2.97. The minimum absolute atomic E-state index is 0.124. The van der Waals surface area contributed by atoms with Crippen molar-refractivity contribution < 1.29 is 14.3 Å². The van der Waals surface area contributed by atoms with Gasteiger partial charge in [-0.25, -0.2) is 0 Å². The summed E-state index contributed by atoms with van der Waals surface area (Å²) in [5.74, 6) is 2.12. The number of methoxy groups -OCH3 is 1. The maximum atomic E-state index is 11.7. The number of rotatable bonds is 3. The highest BCUT2D eigenvalue weighted by molar-refractivity contribution is 5.80. The van der Waals surface area contributed by atoms with Crippen molar-refractivity contribution in [3.63, 3.8) is 0 Å². The Morgan fingerprint density at radius 3 is 2.90 bits per heavy atom. The molecular weight excluding hydrogens is 254 g/mol. The van der Waals surface area contributed by atoms with Crippen LogP contribution in [0.2, 0.25) is 0 Å². The van der Waals surface area contributed by atoms with Gasteiger partial charge < -0.3 is 14.8 Å². The summed E-state index contributed by atoms with van der Waals surface area (Å²) in [6, 6.07) is 4.34. The van der Waals surface area contributed by atoms with Gasteiger partial charge in [0.1, 0.15) is 17.6 Å². The summed E-state index contributed by atoms with van der Waals surface area (Å²) in [6.45, 7) is 4.17. The molecule has 1 saturated heterocycles. The molecule has 0 spiro atoms. The van der Waals surface area contributed by atoms with E-state index in [1.54, 1.807) is 7.11 Å². The fraction of sp³-hybridized carbons (Fsp3) is 0.562. The molecule has 4 heteroatoms. The molecule has 2 aliphatic rings. The maximum Gasteiger partial charge on any atom is 0.220 e. The van der Waals surface area contributed by atoms with Crippen molar-refractivity contribution in [2.24, 2.45) is 0 Å². The van der Waals surface area contributed by atoms with Crippen LogP contribution < -0.4 is 14.8 Å². The minimum atomic E-state index is 0.124. The molecule has 1 fully saturated rings. The lowest BCUT2D eigenvalue weighted by Gasteiger charge is -2.20. The van der Waals surface area contributed by atoms with Crippen molar-refractivity contribution in [2.45, 2.75) is 51.2 Å². The highest BCUT2D eigenvalue weighted by Crippen LogP contribution is 2.41. The third-order valence-electron chi connectivity index (χ3n) is 4.33. The largest absolute Gasteiger partial charge is 0.496 e. The van der Waals surface area contributed by atoms with Gasteiger partial charge in [-0.3, -0.25) is 4.79 Å². The van der Waals surface area contributed by atoms with Crippen LogP contribution in [0.3, 0.4) is 0 Å². The minimum Gasteiger partial charge on any atom is -0.496 e. The van der Waals surface area contributed by atoms with Crippen LogP contribution in [0.15, 0.2) is 12.1 Å². The standard InChI is InChI=1S/C16H21NO3/c1-4-13-11(8-16(18)17-13)12-7-14-10(5-9(2)20-14)6-15(12)19-3/h6-7,9,11,13H,4-5,8H2,1-3H3,(H,17,18). The quantitative estimate of drug-likeness (QED) is 0.921. The maximum absolute atomic E-state index is 11.7. The second kappa shape index (κ2) is 5.00. The van der Waals surface area contributed by atoms with Crippen LogP contribution in [-0.4, -0.2) is 25.2 Å². The number of hydrogen-bond donors (Lipinski definition) is 1. The molecule has 4 nitrogen and oxygen atoms in total. The summed E-state index contributed by atoms with van der Waals surface area (Å²) in [6.07, 6.45) is 2.59. The van der Waals surface area contributed by atoms with E-state index in [-0.39, 0.29) is 24.0 Å². The molecule has 20 heavy (non-hydrogen) atoms. The lowest BCUT2D eigenvalue weighted by molar-refractivity contribution is -0.119. The third-order valence-corrected chi connectivity index (χ3v) is 4.33. The molecule has 3 atom stereocenters. The van der Waals surface area contributed by atoms with E-state index in [9.17, 15) is 4.79 Å². The van der Waals surface area contributed by atoms with Gasteiger partial charge in [-0.2, -0.15) is 0 Å². The highest BCUT2D eigenvalue weighted by atomic mass is 16.5. The van der Waals surface area contributed by atoms with Gasteiger partial charge in [0, 0.05) is 35.9 Å². The van der Waals surface area contributed by atoms with Gasteiger partial charge in [0.2, 0.25) is 5.91 Å². The fourth-order valence-electron chi connectivity index (χ4n) is 3.34. The number of amides is 1. The molecule has 1 N–H and O–H groups in total. The van der Waals surface area contributed by atoms with Crippen molar-refractivity contribution >= 4 is 5.91 Å². The number of hydrogen-bond acceptors (Lipinski definition) is 3. The number of ether oxygens (including phenoxy) is 2. The van der Waals surface area contributed by atoms with E-state index < -0.39 is 0 Å². The molecule has 3 unspecified atom stereocenters. The van der Waals surface area contributed by atoms with Gasteiger partial charge in [-0.05, 0) is 25.5 Å². The summed E-state index contributed by atoms with van der Waals surface area (Å²) in [4.78, 5) is 11.7. The van der Waals surface area contributed by atoms with E-state index in [2.05, 4.69) is 31.3 Å². The third kappa shape index (κ3) is 2.13. The number of carbonyl (C=O) groups excluding carboxylic acids is 1. The van der Waals surface area contributed by atoms with E-state index in [1.807, 2.05) is 0 Å². The summed E-state index contributed by atoms with van der Waals surface area (Å²) in [5, 5.41) is 3.04. The topological polar surface area (TPSA) is 47.6 Å². The van der Waals surface area contributed by atoms with Crippen molar-refractivity contribution in [2.75, 3.05) is 7.11 Å².